The third kappa shape index (κ3) is 8.53. The van der Waals surface area contributed by atoms with E-state index >= 15 is 0 Å². The van der Waals surface area contributed by atoms with Crippen molar-refractivity contribution in [3.8, 4) is 0 Å². The van der Waals surface area contributed by atoms with Crippen LogP contribution >= 0.6 is 11.6 Å². The van der Waals surface area contributed by atoms with Gasteiger partial charge in [-0.2, -0.15) is 0 Å². The zero-order valence-corrected chi connectivity index (χ0v) is 27.7. The largest absolute Gasteiger partial charge is 0.352 e. The first-order valence-electron chi connectivity index (χ1n) is 15.0. The quantitative estimate of drug-likeness (QED) is 0.175. The molecule has 2 unspecified atom stereocenters. The fraction of sp³-hybridized carbons (Fsp3) is 0.278. The lowest BCUT2D eigenvalue weighted by atomic mass is 10.0. The van der Waals surface area contributed by atoms with E-state index in [0.29, 0.717) is 16.3 Å². The molecule has 4 aromatic rings. The number of hydrogen-bond acceptors (Lipinski definition) is 4. The third-order valence-electron chi connectivity index (χ3n) is 7.94. The second-order valence-corrected chi connectivity index (χ2v) is 13.5. The minimum atomic E-state index is -4.20. The molecule has 2 amide bonds. The summed E-state index contributed by atoms with van der Waals surface area (Å²) in [6, 6.07) is 29.1. The number of sulfonamides is 1. The highest BCUT2D eigenvalue weighted by molar-refractivity contribution is 7.92. The molecule has 9 heteroatoms. The summed E-state index contributed by atoms with van der Waals surface area (Å²) in [6.45, 7) is 7.27. The van der Waals surface area contributed by atoms with Crippen LogP contribution in [-0.2, 0) is 32.6 Å². The first-order valence-corrected chi connectivity index (χ1v) is 16.8. The monoisotopic (exact) mass is 645 g/mol. The van der Waals surface area contributed by atoms with Gasteiger partial charge in [-0.1, -0.05) is 91.3 Å². The molecular formula is C36H40ClN3O4S. The Hall–Kier alpha value is -4.14. The first kappa shape index (κ1) is 33.7. The van der Waals surface area contributed by atoms with E-state index in [2.05, 4.69) is 5.32 Å². The molecule has 0 aliphatic rings. The molecule has 7 nitrogen and oxygen atoms in total. The predicted octanol–water partition coefficient (Wildman–Crippen LogP) is 6.71. The highest BCUT2D eigenvalue weighted by Crippen LogP contribution is 2.28. The number of amides is 2. The summed E-state index contributed by atoms with van der Waals surface area (Å²) in [4.78, 5) is 30.1. The molecule has 0 aromatic heterocycles. The number of carbonyl (C=O) groups is 2. The average Bonchev–Trinajstić information content (AvgIpc) is 3.03. The molecule has 0 fully saturated rings. The van der Waals surface area contributed by atoms with Gasteiger partial charge in [-0.3, -0.25) is 13.9 Å². The van der Waals surface area contributed by atoms with Crippen molar-refractivity contribution in [1.29, 1.82) is 0 Å². The molecule has 0 bridgehead atoms. The van der Waals surface area contributed by atoms with Gasteiger partial charge in [0.25, 0.3) is 10.0 Å². The molecule has 236 valence electrons. The molecule has 4 rings (SSSR count). The molecule has 0 radical (unpaired) electrons. The summed E-state index contributed by atoms with van der Waals surface area (Å²) < 4.78 is 29.5. The number of para-hydroxylation sites is 1. The van der Waals surface area contributed by atoms with E-state index in [1.165, 1.54) is 29.2 Å². The van der Waals surface area contributed by atoms with Gasteiger partial charge in [0.05, 0.1) is 10.6 Å². The van der Waals surface area contributed by atoms with Crippen LogP contribution in [0, 0.1) is 13.8 Å². The summed E-state index contributed by atoms with van der Waals surface area (Å²) in [7, 11) is -4.20. The van der Waals surface area contributed by atoms with Gasteiger partial charge in [-0.05, 0) is 79.8 Å². The van der Waals surface area contributed by atoms with Crippen LogP contribution in [0.5, 0.6) is 0 Å². The van der Waals surface area contributed by atoms with E-state index in [1.54, 1.807) is 25.1 Å². The maximum atomic E-state index is 14.6. The Morgan fingerprint density at radius 2 is 1.42 bits per heavy atom. The van der Waals surface area contributed by atoms with Crippen LogP contribution in [0.3, 0.4) is 0 Å². The minimum Gasteiger partial charge on any atom is -0.352 e. The molecular weight excluding hydrogens is 606 g/mol. The lowest BCUT2D eigenvalue weighted by Crippen LogP contribution is -2.54. The third-order valence-corrected chi connectivity index (χ3v) is 9.96. The standard InChI is InChI=1S/C36H40ClN3O4S/c1-5-28(4)38-36(42)34(23-29-15-7-6-8-16-29)39(24-30-17-11-9-13-26(30)2)35(41)25-40(33-18-12-10-14-27(33)3)45(43,44)32-21-19-31(37)20-22-32/h6-22,28,34H,5,23-25H2,1-4H3,(H,38,42). The van der Waals surface area contributed by atoms with E-state index in [9.17, 15) is 18.0 Å². The highest BCUT2D eigenvalue weighted by Gasteiger charge is 2.35. The number of hydrogen-bond donors (Lipinski definition) is 1. The van der Waals surface area contributed by atoms with Gasteiger partial charge in [-0.25, -0.2) is 8.42 Å². The smallest absolute Gasteiger partial charge is 0.264 e. The van der Waals surface area contributed by atoms with Crippen LogP contribution in [0.1, 0.15) is 42.5 Å². The van der Waals surface area contributed by atoms with Crippen molar-refractivity contribution in [1.82, 2.24) is 10.2 Å². The summed E-state index contributed by atoms with van der Waals surface area (Å²) in [6.07, 6.45) is 0.977. The number of benzene rings is 4. The second kappa shape index (κ2) is 15.2. The Labute approximate surface area is 271 Å². The maximum Gasteiger partial charge on any atom is 0.264 e. The van der Waals surface area contributed by atoms with Crippen LogP contribution < -0.4 is 9.62 Å². The highest BCUT2D eigenvalue weighted by atomic mass is 35.5. The zero-order valence-electron chi connectivity index (χ0n) is 26.1. The van der Waals surface area contributed by atoms with Gasteiger partial charge in [-0.15, -0.1) is 0 Å². The number of aryl methyl sites for hydroxylation is 2. The number of nitrogens with zero attached hydrogens (tertiary/aromatic N) is 2. The molecule has 0 heterocycles. The van der Waals surface area contributed by atoms with E-state index in [4.69, 9.17) is 11.6 Å². The van der Waals surface area contributed by atoms with Crippen molar-refractivity contribution in [3.63, 3.8) is 0 Å². The van der Waals surface area contributed by atoms with Gasteiger partial charge in [0.15, 0.2) is 0 Å². The summed E-state index contributed by atoms with van der Waals surface area (Å²) >= 11 is 6.07. The number of anilines is 1. The van der Waals surface area contributed by atoms with E-state index in [-0.39, 0.29) is 29.8 Å². The topological polar surface area (TPSA) is 86.8 Å². The maximum absolute atomic E-state index is 14.6. The number of halogens is 1. The van der Waals surface area contributed by atoms with Crippen molar-refractivity contribution in [2.45, 2.75) is 64.1 Å². The van der Waals surface area contributed by atoms with Gasteiger partial charge < -0.3 is 10.2 Å². The summed E-state index contributed by atoms with van der Waals surface area (Å²) in [5.41, 5.74) is 3.77. The lowest BCUT2D eigenvalue weighted by Gasteiger charge is -2.35. The first-order chi connectivity index (χ1) is 21.5. The Morgan fingerprint density at radius 3 is 2.04 bits per heavy atom. The molecule has 4 aromatic carbocycles. The van der Waals surface area contributed by atoms with Crippen molar-refractivity contribution >= 4 is 39.1 Å². The molecule has 0 aliphatic carbocycles. The van der Waals surface area contributed by atoms with Crippen molar-refractivity contribution in [2.75, 3.05) is 10.8 Å². The van der Waals surface area contributed by atoms with Crippen molar-refractivity contribution in [3.05, 3.63) is 130 Å². The Kier molecular flexibility index (Phi) is 11.4. The number of rotatable bonds is 13. The van der Waals surface area contributed by atoms with Crippen molar-refractivity contribution in [2.24, 2.45) is 0 Å². The molecule has 2 atom stereocenters. The van der Waals surface area contributed by atoms with Gasteiger partial charge >= 0.3 is 0 Å². The summed E-state index contributed by atoms with van der Waals surface area (Å²) in [5.74, 6) is -0.794. The Morgan fingerprint density at radius 1 is 0.822 bits per heavy atom. The number of carbonyl (C=O) groups excluding carboxylic acids is 2. The lowest BCUT2D eigenvalue weighted by molar-refractivity contribution is -0.140. The summed E-state index contributed by atoms with van der Waals surface area (Å²) in [5, 5.41) is 3.46. The Balaban J connectivity index is 1.83. The van der Waals surface area contributed by atoms with Gasteiger partial charge in [0.1, 0.15) is 12.6 Å². The molecule has 0 aliphatic heterocycles. The van der Waals surface area contributed by atoms with Crippen LogP contribution in [0.4, 0.5) is 5.69 Å². The SMILES string of the molecule is CCC(C)NC(=O)C(Cc1ccccc1)N(Cc1ccccc1C)C(=O)CN(c1ccccc1C)S(=O)(=O)c1ccc(Cl)cc1. The number of nitrogens with one attached hydrogen (secondary N) is 1. The van der Waals surface area contributed by atoms with E-state index in [0.717, 1.165) is 27.4 Å². The van der Waals surface area contributed by atoms with Gasteiger partial charge in [0, 0.05) is 24.0 Å². The Bertz CT molecular complexity index is 1710. The molecule has 1 N–H and O–H groups in total. The molecule has 0 saturated heterocycles. The minimum absolute atomic E-state index is 0.00348. The molecule has 0 spiro atoms. The fourth-order valence-corrected chi connectivity index (χ4v) is 6.66. The zero-order chi connectivity index (χ0) is 32.6. The van der Waals surface area contributed by atoms with Crippen LogP contribution in [0.2, 0.25) is 5.02 Å². The van der Waals surface area contributed by atoms with Gasteiger partial charge in [0.2, 0.25) is 11.8 Å². The fourth-order valence-electron chi connectivity index (χ4n) is 5.06. The second-order valence-electron chi connectivity index (χ2n) is 11.2. The van der Waals surface area contributed by atoms with Crippen LogP contribution in [-0.4, -0.2) is 43.8 Å². The van der Waals surface area contributed by atoms with Crippen LogP contribution in [0.25, 0.3) is 0 Å². The van der Waals surface area contributed by atoms with Crippen LogP contribution in [0.15, 0.2) is 108 Å². The van der Waals surface area contributed by atoms with E-state index < -0.39 is 28.5 Å². The molecule has 45 heavy (non-hydrogen) atoms. The van der Waals surface area contributed by atoms with Crippen molar-refractivity contribution < 1.29 is 18.0 Å². The molecule has 0 saturated carbocycles. The normalized spacial score (nSPS) is 12.6. The predicted molar refractivity (Wildman–Crippen MR) is 181 cm³/mol. The average molecular weight is 646 g/mol. The van der Waals surface area contributed by atoms with E-state index in [1.807, 2.05) is 81.4 Å².